The van der Waals surface area contributed by atoms with E-state index in [4.69, 9.17) is 14.2 Å². The topological polar surface area (TPSA) is 68.8 Å². The summed E-state index contributed by atoms with van der Waals surface area (Å²) in [4.78, 5) is 12.0. The summed E-state index contributed by atoms with van der Waals surface area (Å²) in [6.07, 6.45) is 5.67. The predicted octanol–water partition coefficient (Wildman–Crippen LogP) is 4.45. The molecule has 0 saturated carbocycles. The zero-order valence-corrected chi connectivity index (χ0v) is 16.6. The van der Waals surface area contributed by atoms with E-state index in [2.05, 4.69) is 24.5 Å². The highest BCUT2D eigenvalue weighted by molar-refractivity contribution is 5.91. The van der Waals surface area contributed by atoms with Crippen LogP contribution in [0.15, 0.2) is 18.2 Å². The number of benzene rings is 1. The van der Waals surface area contributed by atoms with Gasteiger partial charge in [-0.3, -0.25) is 0 Å². The molecule has 0 aliphatic carbocycles. The van der Waals surface area contributed by atoms with Gasteiger partial charge in [-0.05, 0) is 30.9 Å². The van der Waals surface area contributed by atoms with Crippen LogP contribution < -0.4 is 20.1 Å². The van der Waals surface area contributed by atoms with E-state index < -0.39 is 0 Å². The first-order valence-corrected chi connectivity index (χ1v) is 9.49. The summed E-state index contributed by atoms with van der Waals surface area (Å²) in [6, 6.07) is 4.99. The number of unbranched alkanes of at least 4 members (excludes halogenated alkanes) is 1. The third-order valence-electron chi connectivity index (χ3n) is 4.30. The maximum Gasteiger partial charge on any atom is 0.319 e. The van der Waals surface area contributed by atoms with Gasteiger partial charge in [0, 0.05) is 25.8 Å². The van der Waals surface area contributed by atoms with Gasteiger partial charge in [-0.2, -0.15) is 0 Å². The fraction of sp³-hybridized carbons (Fsp3) is 0.650. The molecule has 0 spiro atoms. The first kappa shape index (κ1) is 22.1. The maximum absolute atomic E-state index is 12.0. The van der Waals surface area contributed by atoms with Crippen LogP contribution in [0.5, 0.6) is 11.5 Å². The van der Waals surface area contributed by atoms with Crippen molar-refractivity contribution < 1.29 is 19.0 Å². The standard InChI is InChI=1S/C20H34N2O4/c1-5-7-9-16(6-2)15-26-13-8-12-21-20(23)22-18-11-10-17(24-3)14-19(18)25-4/h10-11,14,16H,5-9,12-13,15H2,1-4H3,(H2,21,22,23). The van der Waals surface area contributed by atoms with Crippen LogP contribution in [0.2, 0.25) is 0 Å². The van der Waals surface area contributed by atoms with Crippen molar-refractivity contribution in [1.82, 2.24) is 5.32 Å². The van der Waals surface area contributed by atoms with Crippen LogP contribution in [0.1, 0.15) is 46.0 Å². The lowest BCUT2D eigenvalue weighted by Crippen LogP contribution is -2.30. The van der Waals surface area contributed by atoms with Gasteiger partial charge in [-0.25, -0.2) is 4.79 Å². The van der Waals surface area contributed by atoms with Crippen LogP contribution >= 0.6 is 0 Å². The van der Waals surface area contributed by atoms with Crippen molar-refractivity contribution in [2.45, 2.75) is 46.0 Å². The number of carbonyl (C=O) groups excluding carboxylic acids is 1. The Morgan fingerprint density at radius 3 is 2.62 bits per heavy atom. The number of ether oxygens (including phenoxy) is 3. The molecule has 0 aromatic heterocycles. The van der Waals surface area contributed by atoms with Crippen molar-refractivity contribution in [1.29, 1.82) is 0 Å². The van der Waals surface area contributed by atoms with Crippen LogP contribution in [-0.4, -0.2) is 40.0 Å². The van der Waals surface area contributed by atoms with E-state index in [1.54, 1.807) is 32.4 Å². The second kappa shape index (κ2) is 13.3. The van der Waals surface area contributed by atoms with Gasteiger partial charge in [0.1, 0.15) is 11.5 Å². The molecule has 148 valence electrons. The van der Waals surface area contributed by atoms with Gasteiger partial charge in [0.25, 0.3) is 0 Å². The number of hydrogen-bond donors (Lipinski definition) is 2. The number of hydrogen-bond acceptors (Lipinski definition) is 4. The molecule has 1 rings (SSSR count). The zero-order chi connectivity index (χ0) is 19.2. The molecule has 1 aromatic carbocycles. The zero-order valence-electron chi connectivity index (χ0n) is 16.6. The summed E-state index contributed by atoms with van der Waals surface area (Å²) in [6.45, 7) is 6.46. The third-order valence-corrected chi connectivity index (χ3v) is 4.30. The molecule has 1 unspecified atom stereocenters. The van der Waals surface area contributed by atoms with E-state index in [0.717, 1.165) is 19.4 Å². The van der Waals surface area contributed by atoms with E-state index in [-0.39, 0.29) is 6.03 Å². The van der Waals surface area contributed by atoms with Crippen LogP contribution in [0.25, 0.3) is 0 Å². The largest absolute Gasteiger partial charge is 0.497 e. The van der Waals surface area contributed by atoms with Crippen molar-refractivity contribution in [2.75, 3.05) is 39.3 Å². The van der Waals surface area contributed by atoms with Crippen molar-refractivity contribution >= 4 is 11.7 Å². The second-order valence-electron chi connectivity index (χ2n) is 6.29. The minimum absolute atomic E-state index is 0.261. The van der Waals surface area contributed by atoms with E-state index in [1.807, 2.05) is 0 Å². The van der Waals surface area contributed by atoms with Gasteiger partial charge in [0.15, 0.2) is 0 Å². The van der Waals surface area contributed by atoms with Crippen molar-refractivity contribution in [3.8, 4) is 11.5 Å². The number of methoxy groups -OCH3 is 2. The molecule has 0 aliphatic heterocycles. The van der Waals surface area contributed by atoms with Crippen LogP contribution in [-0.2, 0) is 4.74 Å². The quantitative estimate of drug-likeness (QED) is 0.506. The number of nitrogens with one attached hydrogen (secondary N) is 2. The number of carbonyl (C=O) groups is 1. The molecular formula is C20H34N2O4. The minimum Gasteiger partial charge on any atom is -0.497 e. The highest BCUT2D eigenvalue weighted by Crippen LogP contribution is 2.28. The fourth-order valence-electron chi connectivity index (χ4n) is 2.59. The molecule has 0 heterocycles. The third kappa shape index (κ3) is 8.43. The molecule has 2 N–H and O–H groups in total. The van der Waals surface area contributed by atoms with E-state index in [9.17, 15) is 4.79 Å². The lowest BCUT2D eigenvalue weighted by atomic mass is 10.0. The highest BCUT2D eigenvalue weighted by atomic mass is 16.5. The van der Waals surface area contributed by atoms with Gasteiger partial charge >= 0.3 is 6.03 Å². The fourth-order valence-corrected chi connectivity index (χ4v) is 2.59. The van der Waals surface area contributed by atoms with Gasteiger partial charge in [-0.15, -0.1) is 0 Å². The van der Waals surface area contributed by atoms with E-state index >= 15 is 0 Å². The van der Waals surface area contributed by atoms with Crippen LogP contribution in [0.3, 0.4) is 0 Å². The average molecular weight is 367 g/mol. The molecule has 1 atom stereocenters. The highest BCUT2D eigenvalue weighted by Gasteiger charge is 2.09. The summed E-state index contributed by atoms with van der Waals surface area (Å²) in [5.41, 5.74) is 0.601. The molecule has 0 fully saturated rings. The maximum atomic E-state index is 12.0. The van der Waals surface area contributed by atoms with E-state index in [1.165, 1.54) is 19.3 Å². The number of urea groups is 1. The summed E-state index contributed by atoms with van der Waals surface area (Å²) in [7, 11) is 3.14. The first-order valence-electron chi connectivity index (χ1n) is 9.49. The Bertz CT molecular complexity index is 523. The van der Waals surface area contributed by atoms with Gasteiger partial charge in [0.05, 0.1) is 19.9 Å². The smallest absolute Gasteiger partial charge is 0.319 e. The van der Waals surface area contributed by atoms with Gasteiger partial charge in [-0.1, -0.05) is 33.1 Å². The Labute approximate surface area is 157 Å². The predicted molar refractivity (Wildman–Crippen MR) is 105 cm³/mol. The molecule has 0 saturated heterocycles. The Balaban J connectivity index is 2.23. The second-order valence-corrected chi connectivity index (χ2v) is 6.29. The number of anilines is 1. The minimum atomic E-state index is -0.261. The SMILES string of the molecule is CCCCC(CC)COCCCNC(=O)Nc1ccc(OC)cc1OC. The summed E-state index contributed by atoms with van der Waals surface area (Å²) >= 11 is 0. The average Bonchev–Trinajstić information content (AvgIpc) is 2.67. The Morgan fingerprint density at radius 1 is 1.15 bits per heavy atom. The Hall–Kier alpha value is -1.95. The van der Waals surface area contributed by atoms with Gasteiger partial charge in [0.2, 0.25) is 0 Å². The lowest BCUT2D eigenvalue weighted by Gasteiger charge is -2.15. The van der Waals surface area contributed by atoms with E-state index in [0.29, 0.717) is 36.3 Å². The summed E-state index contributed by atoms with van der Waals surface area (Å²) in [5.74, 6) is 1.88. The molecule has 0 radical (unpaired) electrons. The first-order chi connectivity index (χ1) is 12.6. The normalized spacial score (nSPS) is 11.7. The Kier molecular flexibility index (Phi) is 11.3. The Morgan fingerprint density at radius 2 is 1.96 bits per heavy atom. The van der Waals surface area contributed by atoms with Crippen molar-refractivity contribution in [3.63, 3.8) is 0 Å². The molecule has 26 heavy (non-hydrogen) atoms. The molecule has 0 bridgehead atoms. The van der Waals surface area contributed by atoms with Crippen molar-refractivity contribution in [2.24, 2.45) is 5.92 Å². The molecule has 2 amide bonds. The summed E-state index contributed by atoms with van der Waals surface area (Å²) in [5, 5.41) is 5.61. The molecular weight excluding hydrogens is 332 g/mol. The van der Waals surface area contributed by atoms with Gasteiger partial charge < -0.3 is 24.8 Å². The monoisotopic (exact) mass is 366 g/mol. The molecule has 6 heteroatoms. The van der Waals surface area contributed by atoms with Crippen molar-refractivity contribution in [3.05, 3.63) is 18.2 Å². The lowest BCUT2D eigenvalue weighted by molar-refractivity contribution is 0.0925. The molecule has 1 aromatic rings. The number of rotatable bonds is 13. The molecule has 0 aliphatic rings. The molecule has 6 nitrogen and oxygen atoms in total. The van der Waals surface area contributed by atoms with Crippen LogP contribution in [0.4, 0.5) is 10.5 Å². The van der Waals surface area contributed by atoms with Crippen LogP contribution in [0, 0.1) is 5.92 Å². The number of amides is 2. The summed E-state index contributed by atoms with van der Waals surface area (Å²) < 4.78 is 16.1.